The second-order valence-corrected chi connectivity index (χ2v) is 19.1. The monoisotopic (exact) mass is 920 g/mol. The van der Waals surface area contributed by atoms with E-state index in [1.165, 1.54) is 69.0 Å². The van der Waals surface area contributed by atoms with Crippen molar-refractivity contribution in [3.63, 3.8) is 0 Å². The Morgan fingerprint density at radius 1 is 0.239 bits per heavy atom. The van der Waals surface area contributed by atoms with Crippen LogP contribution in [0.2, 0.25) is 0 Å². The molecule has 12 rings (SSSR count). The van der Waals surface area contributed by atoms with Gasteiger partial charge in [-0.05, 0) is 58.7 Å². The minimum Gasteiger partial charge on any atom is -0.0617 e. The van der Waals surface area contributed by atoms with E-state index >= 15 is 0 Å². The molecule has 0 amide bonds. The molecule has 0 spiro atoms. The maximum atomic E-state index is 2.40. The summed E-state index contributed by atoms with van der Waals surface area (Å²) in [6.45, 7) is 0. The molecule has 0 unspecified atom stereocenters. The average Bonchev–Trinajstić information content (AvgIpc) is 3.80. The molecule has 316 valence electrons. The van der Waals surface area contributed by atoms with E-state index in [2.05, 4.69) is 277 Å². The summed E-state index contributed by atoms with van der Waals surface area (Å²) in [7, 11) is 0. The van der Waals surface area contributed by atoms with Crippen LogP contribution in [-0.2, 0) is 0 Å². The van der Waals surface area contributed by atoms with Crippen LogP contribution in [0.4, 0.5) is 34.1 Å². The third kappa shape index (κ3) is 7.81. The van der Waals surface area contributed by atoms with Gasteiger partial charge in [-0.3, -0.25) is 0 Å². The van der Waals surface area contributed by atoms with Crippen molar-refractivity contribution in [3.8, 4) is 44.5 Å². The number of hydrogen-bond donors (Lipinski definition) is 0. The SMILES string of the molecule is c1ccc(-c2ccc(-c3ccc(N(c4ccccc4)c4ccc(-c5ccc(N(c6ccc(-c7cccc8c7[se]c7ccccc78)cc6)c6cccc7ccccc67)cc5)cc4)cc3)cc2)cc1. The van der Waals surface area contributed by atoms with Crippen molar-refractivity contribution in [2.24, 2.45) is 0 Å². The molecule has 2 nitrogen and oxygen atoms in total. The predicted octanol–water partition coefficient (Wildman–Crippen LogP) is 17.8. The summed E-state index contributed by atoms with van der Waals surface area (Å²) in [6.07, 6.45) is 0. The first-order valence-electron chi connectivity index (χ1n) is 22.8. The summed E-state index contributed by atoms with van der Waals surface area (Å²) in [6, 6.07) is 97.0. The molecular weight excluding hydrogens is 876 g/mol. The van der Waals surface area contributed by atoms with Gasteiger partial charge in [-0.1, -0.05) is 97.1 Å². The molecule has 3 heteroatoms. The van der Waals surface area contributed by atoms with E-state index in [0.29, 0.717) is 0 Å². The number of benzene rings is 11. The smallest absolute Gasteiger partial charge is 0.0374 e. The van der Waals surface area contributed by atoms with Gasteiger partial charge in [0.05, 0.1) is 0 Å². The van der Waals surface area contributed by atoms with E-state index in [0.717, 1.165) is 39.7 Å². The van der Waals surface area contributed by atoms with Gasteiger partial charge in [0.1, 0.15) is 0 Å². The summed E-state index contributed by atoms with van der Waals surface area (Å²) in [4.78, 5) is 4.73. The quantitative estimate of drug-likeness (QED) is 0.126. The number of fused-ring (bicyclic) bond motifs is 4. The molecule has 0 saturated carbocycles. The van der Waals surface area contributed by atoms with Gasteiger partial charge in [0.2, 0.25) is 0 Å². The topological polar surface area (TPSA) is 6.48 Å². The Morgan fingerprint density at radius 2 is 0.627 bits per heavy atom. The third-order valence-electron chi connectivity index (χ3n) is 12.9. The number of para-hydroxylation sites is 1. The van der Waals surface area contributed by atoms with Crippen molar-refractivity contribution in [2.45, 2.75) is 0 Å². The summed E-state index contributed by atoms with van der Waals surface area (Å²) in [5.41, 5.74) is 16.4. The predicted molar refractivity (Wildman–Crippen MR) is 287 cm³/mol. The van der Waals surface area contributed by atoms with E-state index in [1.54, 1.807) is 0 Å². The molecule has 1 aromatic heterocycles. The summed E-state index contributed by atoms with van der Waals surface area (Å²) < 4.78 is 2.94. The van der Waals surface area contributed by atoms with Crippen LogP contribution < -0.4 is 9.80 Å². The Kier molecular flexibility index (Phi) is 10.6. The molecule has 0 N–H and O–H groups in total. The van der Waals surface area contributed by atoms with Gasteiger partial charge in [-0.15, -0.1) is 0 Å². The van der Waals surface area contributed by atoms with E-state index in [4.69, 9.17) is 0 Å². The van der Waals surface area contributed by atoms with Crippen LogP contribution >= 0.6 is 0 Å². The van der Waals surface area contributed by atoms with Gasteiger partial charge in [0, 0.05) is 17.1 Å². The number of rotatable bonds is 10. The van der Waals surface area contributed by atoms with Crippen LogP contribution in [0.5, 0.6) is 0 Å². The van der Waals surface area contributed by atoms with Crippen molar-refractivity contribution in [1.82, 2.24) is 0 Å². The van der Waals surface area contributed by atoms with Crippen molar-refractivity contribution >= 4 is 78.7 Å². The van der Waals surface area contributed by atoms with Crippen LogP contribution in [0, 0.1) is 0 Å². The standard InChI is InChI=1S/C64H44N2Se/c1-3-13-45(14-4-1)46-25-27-47(28-26-46)48-29-37-54(38-30-48)65(53-17-5-2-6-18-53)55-39-31-49(32-40-55)50-33-41-56(42-34-50)66(62-23-11-16-51-15-7-8-19-58(51)62)57-43-35-52(36-44-57)59-21-12-22-61-60-20-9-10-24-63(60)67-64(59)61/h1-44H. The van der Waals surface area contributed by atoms with Crippen molar-refractivity contribution in [2.75, 3.05) is 9.80 Å². The van der Waals surface area contributed by atoms with Gasteiger partial charge in [0.25, 0.3) is 0 Å². The van der Waals surface area contributed by atoms with Crippen molar-refractivity contribution in [3.05, 3.63) is 267 Å². The third-order valence-corrected chi connectivity index (χ3v) is 15.5. The molecule has 0 aliphatic carbocycles. The Morgan fingerprint density at radius 3 is 1.21 bits per heavy atom. The molecule has 1 heterocycles. The summed E-state index contributed by atoms with van der Waals surface area (Å²) >= 11 is 0.281. The molecular formula is C64H44N2Se. The second kappa shape index (κ2) is 17.6. The van der Waals surface area contributed by atoms with Gasteiger partial charge in [-0.2, -0.15) is 0 Å². The Balaban J connectivity index is 0.846. The number of hydrogen-bond acceptors (Lipinski definition) is 2. The van der Waals surface area contributed by atoms with Crippen LogP contribution in [0.3, 0.4) is 0 Å². The fraction of sp³-hybridized carbons (Fsp3) is 0. The van der Waals surface area contributed by atoms with E-state index < -0.39 is 0 Å². The van der Waals surface area contributed by atoms with Crippen molar-refractivity contribution < 1.29 is 0 Å². The molecule has 0 saturated heterocycles. The maximum Gasteiger partial charge on any atom is -0.0374 e. The zero-order valence-electron chi connectivity index (χ0n) is 36.7. The first kappa shape index (κ1) is 40.3. The zero-order valence-corrected chi connectivity index (χ0v) is 38.4. The molecule has 11 aromatic carbocycles. The summed E-state index contributed by atoms with van der Waals surface area (Å²) in [5.74, 6) is 0. The molecule has 0 aliphatic heterocycles. The average molecular weight is 920 g/mol. The number of nitrogens with zero attached hydrogens (tertiary/aromatic N) is 2. The molecule has 12 aromatic rings. The zero-order chi connectivity index (χ0) is 44.5. The first-order chi connectivity index (χ1) is 33.2. The van der Waals surface area contributed by atoms with E-state index in [9.17, 15) is 0 Å². The van der Waals surface area contributed by atoms with Crippen LogP contribution in [0.25, 0.3) is 74.6 Å². The Hall–Kier alpha value is -8.20. The molecule has 0 bridgehead atoms. The van der Waals surface area contributed by atoms with E-state index in [1.807, 2.05) is 0 Å². The normalized spacial score (nSPS) is 11.3. The van der Waals surface area contributed by atoms with E-state index in [-0.39, 0.29) is 14.5 Å². The maximum absolute atomic E-state index is 2.40. The molecule has 0 atom stereocenters. The molecule has 0 aliphatic rings. The fourth-order valence-corrected chi connectivity index (χ4v) is 12.1. The van der Waals surface area contributed by atoms with Gasteiger partial charge in [-0.25, -0.2) is 0 Å². The Bertz CT molecular complexity index is 3630. The minimum absolute atomic E-state index is 0.281. The van der Waals surface area contributed by atoms with Gasteiger partial charge < -0.3 is 4.90 Å². The fourth-order valence-electron chi connectivity index (χ4n) is 9.51. The minimum atomic E-state index is 0.281. The van der Waals surface area contributed by atoms with Gasteiger partial charge >= 0.3 is 222 Å². The van der Waals surface area contributed by atoms with Gasteiger partial charge in [0.15, 0.2) is 0 Å². The van der Waals surface area contributed by atoms with Crippen LogP contribution in [0.15, 0.2) is 267 Å². The first-order valence-corrected chi connectivity index (χ1v) is 24.5. The van der Waals surface area contributed by atoms with Crippen LogP contribution in [-0.4, -0.2) is 14.5 Å². The Labute approximate surface area is 397 Å². The molecule has 0 radical (unpaired) electrons. The molecule has 0 fully saturated rings. The largest absolute Gasteiger partial charge is 0.0617 e. The summed E-state index contributed by atoms with van der Waals surface area (Å²) in [5, 5.41) is 5.19. The van der Waals surface area contributed by atoms with Crippen molar-refractivity contribution in [1.29, 1.82) is 0 Å². The number of anilines is 6. The molecule has 67 heavy (non-hydrogen) atoms. The second-order valence-electron chi connectivity index (χ2n) is 16.9. The van der Waals surface area contributed by atoms with Crippen LogP contribution in [0.1, 0.15) is 0 Å².